The minimum Gasteiger partial charge on any atom is -0.291 e. The molecule has 2 N–H and O–H groups in total. The maximum absolute atomic E-state index is 11.2. The number of sulfonamides is 1. The molecule has 0 radical (unpaired) electrons. The first-order valence-corrected chi connectivity index (χ1v) is 8.60. The Morgan fingerprint density at radius 2 is 2.11 bits per heavy atom. The topological polar surface area (TPSA) is 72.5 Å². The van der Waals surface area contributed by atoms with E-state index in [2.05, 4.69) is 18.8 Å². The van der Waals surface area contributed by atoms with Gasteiger partial charge in [-0.15, -0.1) is 22.7 Å². The number of rotatable bonds is 4. The molecule has 7 heteroatoms. The van der Waals surface area contributed by atoms with E-state index < -0.39 is 10.0 Å². The van der Waals surface area contributed by atoms with Crippen LogP contribution in [0.4, 0.5) is 0 Å². The van der Waals surface area contributed by atoms with Gasteiger partial charge in [-0.25, -0.2) is 13.6 Å². The van der Waals surface area contributed by atoms with Crippen LogP contribution in [-0.4, -0.2) is 21.2 Å². The zero-order valence-electron chi connectivity index (χ0n) is 10.1. The fourth-order valence-electron chi connectivity index (χ4n) is 1.39. The van der Waals surface area contributed by atoms with Gasteiger partial charge < -0.3 is 0 Å². The minimum atomic E-state index is -3.58. The number of hydrogen-bond acceptors (Lipinski definition) is 5. The summed E-state index contributed by atoms with van der Waals surface area (Å²) in [4.78, 5) is 5.37. The molecule has 18 heavy (non-hydrogen) atoms. The van der Waals surface area contributed by atoms with Crippen LogP contribution in [0.15, 0.2) is 21.3 Å². The Balaban J connectivity index is 2.25. The van der Waals surface area contributed by atoms with E-state index >= 15 is 0 Å². The van der Waals surface area contributed by atoms with Crippen LogP contribution in [0.5, 0.6) is 0 Å². The van der Waals surface area contributed by atoms with Crippen molar-refractivity contribution in [1.29, 1.82) is 0 Å². The predicted octanol–water partition coefficient (Wildman–Crippen LogP) is 2.69. The van der Waals surface area contributed by atoms with Crippen LogP contribution >= 0.6 is 22.7 Å². The van der Waals surface area contributed by atoms with Crippen LogP contribution in [0, 0.1) is 5.92 Å². The lowest BCUT2D eigenvalue weighted by atomic mass is 10.2. The van der Waals surface area contributed by atoms with Crippen molar-refractivity contribution in [3.05, 3.63) is 17.0 Å². The minimum absolute atomic E-state index is 0.217. The van der Waals surface area contributed by atoms with Crippen LogP contribution in [0.25, 0.3) is 9.40 Å². The molecule has 0 bridgehead atoms. The summed E-state index contributed by atoms with van der Waals surface area (Å²) in [7, 11) is -3.58. The highest BCUT2D eigenvalue weighted by Gasteiger charge is 2.13. The Bertz CT molecular complexity index is 649. The summed E-state index contributed by atoms with van der Waals surface area (Å²) in [5.41, 5.74) is 0. The van der Waals surface area contributed by atoms with Gasteiger partial charge in [-0.05, 0) is 18.1 Å². The maximum atomic E-state index is 11.2. The van der Waals surface area contributed by atoms with Crippen molar-refractivity contribution >= 4 is 48.3 Å². The Hall–Kier alpha value is -0.760. The molecular formula is C11H14N2O2S3. The van der Waals surface area contributed by atoms with Crippen LogP contribution < -0.4 is 5.14 Å². The summed E-state index contributed by atoms with van der Waals surface area (Å²) in [6.07, 6.45) is 1.84. The molecule has 0 aliphatic rings. The zero-order valence-corrected chi connectivity index (χ0v) is 12.5. The summed E-state index contributed by atoms with van der Waals surface area (Å²) in [6, 6.07) is 3.56. The molecule has 2 aromatic heterocycles. The molecule has 0 amide bonds. The van der Waals surface area contributed by atoms with E-state index in [0.29, 0.717) is 5.92 Å². The van der Waals surface area contributed by atoms with Crippen molar-refractivity contribution in [2.45, 2.75) is 18.1 Å². The first-order valence-electron chi connectivity index (χ1n) is 5.42. The lowest BCUT2D eigenvalue weighted by molar-refractivity contribution is 0.600. The molecule has 0 saturated carbocycles. The van der Waals surface area contributed by atoms with Crippen molar-refractivity contribution in [2.24, 2.45) is 16.0 Å². The van der Waals surface area contributed by atoms with E-state index in [1.807, 2.05) is 12.3 Å². The number of nitrogens with zero attached hydrogens (tertiary/aromatic N) is 1. The third-order valence-electron chi connectivity index (χ3n) is 2.18. The highest BCUT2D eigenvalue weighted by Crippen LogP contribution is 2.34. The molecule has 98 valence electrons. The highest BCUT2D eigenvalue weighted by molar-refractivity contribution is 7.91. The number of hydrogen-bond donors (Lipinski definition) is 1. The van der Waals surface area contributed by atoms with Gasteiger partial charge in [0.15, 0.2) is 0 Å². The Labute approximate surface area is 114 Å². The van der Waals surface area contributed by atoms with Crippen molar-refractivity contribution in [3.63, 3.8) is 0 Å². The lowest BCUT2D eigenvalue weighted by Gasteiger charge is -1.95. The quantitative estimate of drug-likeness (QED) is 0.882. The normalized spacial score (nSPS) is 13.1. The van der Waals surface area contributed by atoms with Crippen molar-refractivity contribution in [3.8, 4) is 0 Å². The van der Waals surface area contributed by atoms with E-state index in [4.69, 9.17) is 5.14 Å². The molecule has 0 unspecified atom stereocenters. The fraction of sp³-hybridized carbons (Fsp3) is 0.364. The van der Waals surface area contributed by atoms with Gasteiger partial charge in [0, 0.05) is 23.0 Å². The second-order valence-corrected chi connectivity index (χ2v) is 8.57. The largest absolute Gasteiger partial charge is 0.291 e. The van der Waals surface area contributed by atoms with E-state index in [9.17, 15) is 8.42 Å². The van der Waals surface area contributed by atoms with Gasteiger partial charge in [0.2, 0.25) is 10.0 Å². The first kappa shape index (κ1) is 13.7. The van der Waals surface area contributed by atoms with Gasteiger partial charge in [-0.3, -0.25) is 4.99 Å². The maximum Gasteiger partial charge on any atom is 0.247 e. The molecular weight excluding hydrogens is 288 g/mol. The average Bonchev–Trinajstić information content (AvgIpc) is 2.72. The van der Waals surface area contributed by atoms with Crippen LogP contribution in [0.1, 0.15) is 18.7 Å². The summed E-state index contributed by atoms with van der Waals surface area (Å²) < 4.78 is 23.6. The van der Waals surface area contributed by atoms with Crippen LogP contribution in [0.3, 0.4) is 0 Å². The molecule has 0 aliphatic carbocycles. The Kier molecular flexibility index (Phi) is 3.86. The van der Waals surface area contributed by atoms with Gasteiger partial charge >= 0.3 is 0 Å². The summed E-state index contributed by atoms with van der Waals surface area (Å²) in [5, 5.41) is 6.01. The van der Waals surface area contributed by atoms with Gasteiger partial charge in [0.1, 0.15) is 4.21 Å². The van der Waals surface area contributed by atoms with E-state index in [1.165, 1.54) is 22.7 Å². The zero-order chi connectivity index (χ0) is 13.3. The average molecular weight is 302 g/mol. The van der Waals surface area contributed by atoms with E-state index in [1.54, 1.807) is 6.07 Å². The fourth-order valence-corrected chi connectivity index (χ4v) is 4.65. The van der Waals surface area contributed by atoms with Gasteiger partial charge in [-0.2, -0.15) is 0 Å². The molecule has 0 fully saturated rings. The van der Waals surface area contributed by atoms with E-state index in [-0.39, 0.29) is 4.21 Å². The number of aliphatic imine (C=N–C) groups is 1. The SMILES string of the molecule is CC(C)CN=Cc1cc2cc(S(N)(=O)=O)sc2s1. The molecule has 0 aliphatic heterocycles. The summed E-state index contributed by atoms with van der Waals surface area (Å²) >= 11 is 2.74. The number of primary sulfonamides is 1. The van der Waals surface area contributed by atoms with Crippen molar-refractivity contribution in [1.82, 2.24) is 0 Å². The summed E-state index contributed by atoms with van der Waals surface area (Å²) in [5.74, 6) is 0.538. The smallest absolute Gasteiger partial charge is 0.247 e. The molecule has 2 heterocycles. The molecule has 2 aromatic rings. The van der Waals surface area contributed by atoms with Crippen molar-refractivity contribution < 1.29 is 8.42 Å². The van der Waals surface area contributed by atoms with Crippen LogP contribution in [0.2, 0.25) is 0 Å². The second kappa shape index (κ2) is 5.08. The van der Waals surface area contributed by atoms with Gasteiger partial charge in [0.05, 0.1) is 4.01 Å². The molecule has 2 rings (SSSR count). The first-order chi connectivity index (χ1) is 8.36. The summed E-state index contributed by atoms with van der Waals surface area (Å²) in [6.45, 7) is 5.03. The van der Waals surface area contributed by atoms with Gasteiger partial charge in [-0.1, -0.05) is 13.8 Å². The molecule has 0 saturated heterocycles. The lowest BCUT2D eigenvalue weighted by Crippen LogP contribution is -2.09. The molecule has 0 aromatic carbocycles. The molecule has 0 atom stereocenters. The number of fused-ring (bicyclic) bond motifs is 1. The Morgan fingerprint density at radius 1 is 1.39 bits per heavy atom. The third-order valence-corrected chi connectivity index (χ3v) is 5.93. The number of nitrogens with two attached hydrogens (primary N) is 1. The second-order valence-electron chi connectivity index (χ2n) is 4.39. The predicted molar refractivity (Wildman–Crippen MR) is 78.4 cm³/mol. The standard InChI is InChI=1S/C11H14N2O2S3/c1-7(2)5-13-6-9-3-8-4-10(18(12,14)15)17-11(8)16-9/h3-4,6-7H,5H2,1-2H3,(H2,12,14,15). The van der Waals surface area contributed by atoms with Crippen molar-refractivity contribution in [2.75, 3.05) is 6.54 Å². The van der Waals surface area contributed by atoms with Crippen LogP contribution in [-0.2, 0) is 10.0 Å². The molecule has 0 spiro atoms. The monoisotopic (exact) mass is 302 g/mol. The van der Waals surface area contributed by atoms with Gasteiger partial charge in [0.25, 0.3) is 0 Å². The Morgan fingerprint density at radius 3 is 2.67 bits per heavy atom. The molecule has 4 nitrogen and oxygen atoms in total. The third kappa shape index (κ3) is 3.17. The number of thiophene rings is 2. The highest BCUT2D eigenvalue weighted by atomic mass is 32.2. The van der Waals surface area contributed by atoms with E-state index in [0.717, 1.165) is 20.8 Å².